The normalized spacial score (nSPS) is 18.4. The number of carbonyl (C=O) groups is 1. The van der Waals surface area contributed by atoms with Crippen LogP contribution in [0.2, 0.25) is 0 Å². The Labute approximate surface area is 147 Å². The topological polar surface area (TPSA) is 54.3 Å². The first-order chi connectivity index (χ1) is 11.8. The molecule has 0 aliphatic carbocycles. The first kappa shape index (κ1) is 17.5. The van der Waals surface area contributed by atoms with E-state index in [1.807, 2.05) is 22.8 Å². The highest BCUT2D eigenvalue weighted by Crippen LogP contribution is 2.26. The zero-order valence-electron chi connectivity index (χ0n) is 15.1. The maximum Gasteiger partial charge on any atom is 0.244 e. The fourth-order valence-electron chi connectivity index (χ4n) is 3.05. The van der Waals surface area contributed by atoms with Crippen molar-refractivity contribution < 1.29 is 9.18 Å². The number of hydrogen-bond acceptors (Lipinski definition) is 4. The van der Waals surface area contributed by atoms with Crippen LogP contribution in [0.3, 0.4) is 0 Å². The van der Waals surface area contributed by atoms with Gasteiger partial charge in [-0.05, 0) is 46.4 Å². The predicted octanol–water partition coefficient (Wildman–Crippen LogP) is 2.41. The van der Waals surface area contributed by atoms with Gasteiger partial charge >= 0.3 is 0 Å². The molecule has 0 spiro atoms. The van der Waals surface area contributed by atoms with Crippen LogP contribution in [-0.4, -0.2) is 45.4 Å². The second kappa shape index (κ2) is 6.55. The van der Waals surface area contributed by atoms with Crippen molar-refractivity contribution in [3.63, 3.8) is 0 Å². The summed E-state index contributed by atoms with van der Waals surface area (Å²) >= 11 is 0. The molecular weight excluding hydrogens is 321 g/mol. The van der Waals surface area contributed by atoms with Gasteiger partial charge in [0.15, 0.2) is 0 Å². The third-order valence-corrected chi connectivity index (χ3v) is 4.49. The molecular formula is C18H24FN5O. The number of anilines is 1. The van der Waals surface area contributed by atoms with Crippen molar-refractivity contribution in [1.29, 1.82) is 0 Å². The average molecular weight is 345 g/mol. The summed E-state index contributed by atoms with van der Waals surface area (Å²) in [7, 11) is 1.89. The second-order valence-electron chi connectivity index (χ2n) is 7.49. The highest BCUT2D eigenvalue weighted by molar-refractivity contribution is 5.99. The highest BCUT2D eigenvalue weighted by Gasteiger charge is 2.36. The van der Waals surface area contributed by atoms with Crippen LogP contribution in [0, 0.1) is 5.82 Å². The van der Waals surface area contributed by atoms with Gasteiger partial charge in [-0.2, -0.15) is 0 Å². The van der Waals surface area contributed by atoms with Gasteiger partial charge in [0, 0.05) is 13.1 Å². The fourth-order valence-corrected chi connectivity index (χ4v) is 3.05. The van der Waals surface area contributed by atoms with E-state index in [0.29, 0.717) is 25.2 Å². The van der Waals surface area contributed by atoms with Gasteiger partial charge in [0.2, 0.25) is 5.91 Å². The van der Waals surface area contributed by atoms with E-state index in [1.165, 1.54) is 11.0 Å². The smallest absolute Gasteiger partial charge is 0.244 e. The number of rotatable bonds is 4. The largest absolute Gasteiger partial charge is 0.308 e. The van der Waals surface area contributed by atoms with Gasteiger partial charge in [0.05, 0.1) is 29.2 Å². The standard InChI is InChI=1S/C18H24FN5O/c1-18(2,3)24-12-13(20-21-24)11-22(4)16-9-10-23(17(16)25)15-8-6-5-7-14(15)19/h5-8,12,16H,9-11H2,1-4H3. The summed E-state index contributed by atoms with van der Waals surface area (Å²) in [6, 6.07) is 6.11. The Morgan fingerprint density at radius 2 is 2.04 bits per heavy atom. The molecule has 1 unspecified atom stereocenters. The number of benzene rings is 1. The van der Waals surface area contributed by atoms with Crippen molar-refractivity contribution in [2.45, 2.75) is 45.3 Å². The predicted molar refractivity (Wildman–Crippen MR) is 93.6 cm³/mol. The molecule has 1 amide bonds. The van der Waals surface area contributed by atoms with E-state index in [2.05, 4.69) is 31.1 Å². The van der Waals surface area contributed by atoms with E-state index in [-0.39, 0.29) is 23.3 Å². The maximum atomic E-state index is 14.0. The van der Waals surface area contributed by atoms with Crippen molar-refractivity contribution in [2.24, 2.45) is 0 Å². The Bertz CT molecular complexity index is 767. The minimum absolute atomic E-state index is 0.0733. The lowest BCUT2D eigenvalue weighted by atomic mass is 10.1. The molecule has 2 heterocycles. The third kappa shape index (κ3) is 3.56. The first-order valence-corrected chi connectivity index (χ1v) is 8.45. The van der Waals surface area contributed by atoms with Crippen LogP contribution in [0.4, 0.5) is 10.1 Å². The van der Waals surface area contributed by atoms with Crippen LogP contribution in [0.15, 0.2) is 30.5 Å². The van der Waals surface area contributed by atoms with Crippen molar-refractivity contribution in [3.05, 3.63) is 42.0 Å². The molecule has 1 aliphatic heterocycles. The van der Waals surface area contributed by atoms with Gasteiger partial charge in [0.1, 0.15) is 5.82 Å². The van der Waals surface area contributed by atoms with E-state index in [9.17, 15) is 9.18 Å². The lowest BCUT2D eigenvalue weighted by Crippen LogP contribution is -2.39. The minimum atomic E-state index is -0.368. The summed E-state index contributed by atoms with van der Waals surface area (Å²) in [5, 5.41) is 8.35. The number of hydrogen-bond donors (Lipinski definition) is 0. The molecule has 1 saturated heterocycles. The summed E-state index contributed by atoms with van der Waals surface area (Å²) < 4.78 is 15.8. The summed E-state index contributed by atoms with van der Waals surface area (Å²) in [6.45, 7) is 7.22. The summed E-state index contributed by atoms with van der Waals surface area (Å²) in [4.78, 5) is 16.2. The van der Waals surface area contributed by atoms with Crippen LogP contribution < -0.4 is 4.90 Å². The second-order valence-corrected chi connectivity index (χ2v) is 7.49. The molecule has 2 aromatic rings. The molecule has 134 valence electrons. The molecule has 3 rings (SSSR count). The number of halogens is 1. The number of amides is 1. The minimum Gasteiger partial charge on any atom is -0.308 e. The lowest BCUT2D eigenvalue weighted by Gasteiger charge is -2.23. The lowest BCUT2D eigenvalue weighted by molar-refractivity contribution is -0.121. The van der Waals surface area contributed by atoms with Crippen LogP contribution >= 0.6 is 0 Å². The van der Waals surface area contributed by atoms with Gasteiger partial charge in [-0.3, -0.25) is 9.69 Å². The fraction of sp³-hybridized carbons (Fsp3) is 0.500. The molecule has 0 N–H and O–H groups in total. The summed E-state index contributed by atoms with van der Waals surface area (Å²) in [5.74, 6) is -0.442. The molecule has 25 heavy (non-hydrogen) atoms. The Balaban J connectivity index is 1.69. The molecule has 1 atom stereocenters. The van der Waals surface area contributed by atoms with Crippen LogP contribution in [-0.2, 0) is 16.9 Å². The van der Waals surface area contributed by atoms with Gasteiger partial charge in [-0.1, -0.05) is 17.3 Å². The molecule has 0 bridgehead atoms. The Morgan fingerprint density at radius 3 is 2.68 bits per heavy atom. The molecule has 1 aromatic heterocycles. The maximum absolute atomic E-state index is 14.0. The molecule has 1 aromatic carbocycles. The summed E-state index contributed by atoms with van der Waals surface area (Å²) in [6.07, 6.45) is 2.57. The quantitative estimate of drug-likeness (QED) is 0.854. The number of para-hydroxylation sites is 1. The van der Waals surface area contributed by atoms with Crippen molar-refractivity contribution in [2.75, 3.05) is 18.5 Å². The van der Waals surface area contributed by atoms with Crippen LogP contribution in [0.25, 0.3) is 0 Å². The van der Waals surface area contributed by atoms with Crippen molar-refractivity contribution in [1.82, 2.24) is 19.9 Å². The Kier molecular flexibility index (Phi) is 4.60. The molecule has 1 fully saturated rings. The summed E-state index contributed by atoms with van der Waals surface area (Å²) in [5.41, 5.74) is 1.03. The van der Waals surface area contributed by atoms with Crippen LogP contribution in [0.1, 0.15) is 32.9 Å². The van der Waals surface area contributed by atoms with E-state index < -0.39 is 0 Å². The van der Waals surface area contributed by atoms with Crippen molar-refractivity contribution in [3.8, 4) is 0 Å². The molecule has 0 saturated carbocycles. The van der Waals surface area contributed by atoms with E-state index in [0.717, 1.165) is 5.69 Å². The SMILES string of the molecule is CN(Cc1cn(C(C)(C)C)nn1)C1CCN(c2ccccc2F)C1=O. The third-order valence-electron chi connectivity index (χ3n) is 4.49. The van der Waals surface area contributed by atoms with Gasteiger partial charge in [-0.25, -0.2) is 9.07 Å². The van der Waals surface area contributed by atoms with Crippen molar-refractivity contribution >= 4 is 11.6 Å². The van der Waals surface area contributed by atoms with E-state index in [1.54, 1.807) is 18.2 Å². The molecule has 1 aliphatic rings. The number of nitrogens with zero attached hydrogens (tertiary/aromatic N) is 5. The zero-order chi connectivity index (χ0) is 18.2. The van der Waals surface area contributed by atoms with Gasteiger partial charge in [0.25, 0.3) is 0 Å². The highest BCUT2D eigenvalue weighted by atomic mass is 19.1. The van der Waals surface area contributed by atoms with E-state index >= 15 is 0 Å². The number of likely N-dealkylation sites (N-methyl/N-ethyl adjacent to an activating group) is 1. The molecule has 7 heteroatoms. The monoisotopic (exact) mass is 345 g/mol. The molecule has 0 radical (unpaired) electrons. The number of aromatic nitrogens is 3. The Morgan fingerprint density at radius 1 is 1.32 bits per heavy atom. The van der Waals surface area contributed by atoms with Crippen LogP contribution in [0.5, 0.6) is 0 Å². The Hall–Kier alpha value is -2.28. The zero-order valence-corrected chi connectivity index (χ0v) is 15.1. The average Bonchev–Trinajstić information content (AvgIpc) is 3.14. The number of carbonyl (C=O) groups excluding carboxylic acids is 1. The van der Waals surface area contributed by atoms with E-state index in [4.69, 9.17) is 0 Å². The van der Waals surface area contributed by atoms with Gasteiger partial charge < -0.3 is 4.90 Å². The molecule has 6 nitrogen and oxygen atoms in total. The first-order valence-electron chi connectivity index (χ1n) is 8.45. The van der Waals surface area contributed by atoms with Gasteiger partial charge in [-0.15, -0.1) is 5.10 Å².